The molecular formula is C15H14BrN5O2. The van der Waals surface area contributed by atoms with Gasteiger partial charge in [-0.3, -0.25) is 0 Å². The second-order valence-electron chi connectivity index (χ2n) is 4.97. The summed E-state index contributed by atoms with van der Waals surface area (Å²) >= 11 is 3.33. The van der Waals surface area contributed by atoms with E-state index >= 15 is 0 Å². The summed E-state index contributed by atoms with van der Waals surface area (Å²) in [5.41, 5.74) is 2.20. The van der Waals surface area contributed by atoms with Crippen molar-refractivity contribution in [3.8, 4) is 11.6 Å². The Balaban J connectivity index is 1.94. The van der Waals surface area contributed by atoms with E-state index in [2.05, 4.69) is 31.3 Å². The highest BCUT2D eigenvalue weighted by atomic mass is 79.9. The number of rotatable bonds is 4. The largest absolute Gasteiger partial charge is 0.473 e. The molecule has 0 N–H and O–H groups in total. The smallest absolute Gasteiger partial charge is 0.368 e. The summed E-state index contributed by atoms with van der Waals surface area (Å²) in [6, 6.07) is 9.27. The van der Waals surface area contributed by atoms with Crippen molar-refractivity contribution in [2.45, 2.75) is 13.5 Å². The number of ether oxygens (including phenoxy) is 1. The highest BCUT2D eigenvalue weighted by molar-refractivity contribution is 9.10. The number of pyridine rings is 1. The third-order valence-corrected chi connectivity index (χ3v) is 3.87. The van der Waals surface area contributed by atoms with Gasteiger partial charge in [0, 0.05) is 29.3 Å². The molecule has 0 aliphatic carbocycles. The Kier molecular flexibility index (Phi) is 4.24. The second-order valence-corrected chi connectivity index (χ2v) is 5.89. The number of tetrazole rings is 1. The van der Waals surface area contributed by atoms with Crippen molar-refractivity contribution in [3.05, 3.63) is 62.6 Å². The van der Waals surface area contributed by atoms with E-state index in [1.54, 1.807) is 19.3 Å². The van der Waals surface area contributed by atoms with Gasteiger partial charge >= 0.3 is 5.69 Å². The van der Waals surface area contributed by atoms with Crippen molar-refractivity contribution >= 4 is 15.9 Å². The standard InChI is InChI=1S/C15H14BrN5O2/c1-10-4-3-5-13(21-15(22)20(2)18-19-21)12(10)9-23-14-7-6-11(16)8-17-14/h3-8H,9H2,1-2H3. The molecule has 2 heterocycles. The zero-order valence-electron chi connectivity index (χ0n) is 12.6. The molecule has 0 amide bonds. The maximum Gasteiger partial charge on any atom is 0.368 e. The molecule has 8 heteroatoms. The monoisotopic (exact) mass is 375 g/mol. The molecule has 0 fully saturated rings. The maximum absolute atomic E-state index is 12.1. The number of hydrogen-bond acceptors (Lipinski definition) is 5. The zero-order valence-corrected chi connectivity index (χ0v) is 14.2. The number of hydrogen-bond donors (Lipinski definition) is 0. The van der Waals surface area contributed by atoms with Gasteiger partial charge in [-0.25, -0.2) is 9.78 Å². The Morgan fingerprint density at radius 1 is 1.22 bits per heavy atom. The molecule has 1 aromatic carbocycles. The SMILES string of the molecule is Cc1cccc(-n2nnn(C)c2=O)c1COc1ccc(Br)cn1. The normalized spacial score (nSPS) is 10.7. The first-order valence-corrected chi connectivity index (χ1v) is 7.68. The van der Waals surface area contributed by atoms with E-state index in [-0.39, 0.29) is 12.3 Å². The lowest BCUT2D eigenvalue weighted by Gasteiger charge is -2.12. The van der Waals surface area contributed by atoms with Gasteiger partial charge in [-0.1, -0.05) is 12.1 Å². The van der Waals surface area contributed by atoms with Crippen LogP contribution in [0.5, 0.6) is 5.88 Å². The van der Waals surface area contributed by atoms with Crippen molar-refractivity contribution in [1.82, 2.24) is 24.8 Å². The van der Waals surface area contributed by atoms with Gasteiger partial charge in [0.1, 0.15) is 6.61 Å². The molecule has 3 aromatic rings. The van der Waals surface area contributed by atoms with Crippen LogP contribution >= 0.6 is 15.9 Å². The first-order chi connectivity index (χ1) is 11.1. The Morgan fingerprint density at radius 3 is 2.70 bits per heavy atom. The minimum atomic E-state index is -0.307. The molecule has 0 saturated carbocycles. The molecule has 0 aliphatic heterocycles. The second kappa shape index (κ2) is 6.33. The minimum absolute atomic E-state index is 0.277. The molecule has 0 saturated heterocycles. The molecule has 0 aliphatic rings. The molecule has 118 valence electrons. The third-order valence-electron chi connectivity index (χ3n) is 3.40. The Morgan fingerprint density at radius 2 is 2.04 bits per heavy atom. The van der Waals surface area contributed by atoms with Crippen molar-refractivity contribution in [3.63, 3.8) is 0 Å². The van der Waals surface area contributed by atoms with Crippen LogP contribution in [0.25, 0.3) is 5.69 Å². The third kappa shape index (κ3) is 3.16. The number of benzene rings is 1. The summed E-state index contributed by atoms with van der Waals surface area (Å²) in [7, 11) is 1.56. The molecule has 7 nitrogen and oxygen atoms in total. The van der Waals surface area contributed by atoms with Gasteiger partial charge in [-0.15, -0.1) is 0 Å². The molecular weight excluding hydrogens is 362 g/mol. The molecule has 2 aromatic heterocycles. The predicted octanol–water partition coefficient (Wildman–Crippen LogP) is 2.01. The summed E-state index contributed by atoms with van der Waals surface area (Å²) in [5.74, 6) is 0.508. The number of aromatic nitrogens is 5. The van der Waals surface area contributed by atoms with Crippen molar-refractivity contribution in [2.75, 3.05) is 0 Å². The van der Waals surface area contributed by atoms with Gasteiger partial charge in [0.2, 0.25) is 5.88 Å². The fourth-order valence-electron chi connectivity index (χ4n) is 2.13. The Hall–Kier alpha value is -2.48. The fourth-order valence-corrected chi connectivity index (χ4v) is 2.37. The van der Waals surface area contributed by atoms with Crippen LogP contribution in [-0.4, -0.2) is 24.8 Å². The van der Waals surface area contributed by atoms with E-state index < -0.39 is 0 Å². The Labute approximate surface area is 140 Å². The average molecular weight is 376 g/mol. The van der Waals surface area contributed by atoms with Crippen LogP contribution in [0.15, 0.2) is 45.8 Å². The highest BCUT2D eigenvalue weighted by Crippen LogP contribution is 2.20. The van der Waals surface area contributed by atoms with Crippen LogP contribution < -0.4 is 10.4 Å². The molecule has 0 radical (unpaired) electrons. The lowest BCUT2D eigenvalue weighted by Crippen LogP contribution is -2.23. The van der Waals surface area contributed by atoms with Gasteiger partial charge in [-0.05, 0) is 51.0 Å². The van der Waals surface area contributed by atoms with Crippen LogP contribution in [0.3, 0.4) is 0 Å². The molecule has 0 bridgehead atoms. The first kappa shape index (κ1) is 15.4. The van der Waals surface area contributed by atoms with Gasteiger partial charge in [0.25, 0.3) is 0 Å². The van der Waals surface area contributed by atoms with Gasteiger partial charge in [-0.2, -0.15) is 9.36 Å². The molecule has 23 heavy (non-hydrogen) atoms. The molecule has 0 spiro atoms. The van der Waals surface area contributed by atoms with E-state index in [1.165, 1.54) is 9.36 Å². The van der Waals surface area contributed by atoms with Crippen LogP contribution in [0.2, 0.25) is 0 Å². The van der Waals surface area contributed by atoms with E-state index in [0.717, 1.165) is 15.6 Å². The zero-order chi connectivity index (χ0) is 16.4. The quantitative estimate of drug-likeness (QED) is 0.697. The summed E-state index contributed by atoms with van der Waals surface area (Å²) in [6.45, 7) is 2.23. The van der Waals surface area contributed by atoms with Crippen molar-refractivity contribution in [1.29, 1.82) is 0 Å². The van der Waals surface area contributed by atoms with E-state index in [4.69, 9.17) is 4.74 Å². The molecule has 0 unspecified atom stereocenters. The summed E-state index contributed by atoms with van der Waals surface area (Å²) in [5, 5.41) is 7.64. The molecule has 3 rings (SSSR count). The highest BCUT2D eigenvalue weighted by Gasteiger charge is 2.13. The predicted molar refractivity (Wildman–Crippen MR) is 87.6 cm³/mol. The van der Waals surface area contributed by atoms with Gasteiger partial charge in [0.05, 0.1) is 5.69 Å². The topological polar surface area (TPSA) is 74.8 Å². The average Bonchev–Trinajstić information content (AvgIpc) is 2.87. The van der Waals surface area contributed by atoms with E-state index in [0.29, 0.717) is 11.6 Å². The van der Waals surface area contributed by atoms with Crippen molar-refractivity contribution < 1.29 is 4.74 Å². The molecule has 0 atom stereocenters. The Bertz CT molecular complexity index is 886. The fraction of sp³-hybridized carbons (Fsp3) is 0.200. The number of aryl methyl sites for hydroxylation is 2. The van der Waals surface area contributed by atoms with Crippen LogP contribution in [0.4, 0.5) is 0 Å². The first-order valence-electron chi connectivity index (χ1n) is 6.88. The minimum Gasteiger partial charge on any atom is -0.473 e. The number of nitrogens with zero attached hydrogens (tertiary/aromatic N) is 5. The summed E-state index contributed by atoms with van der Waals surface area (Å²) in [4.78, 5) is 16.3. The van der Waals surface area contributed by atoms with Crippen molar-refractivity contribution in [2.24, 2.45) is 7.05 Å². The lowest BCUT2D eigenvalue weighted by molar-refractivity contribution is 0.292. The van der Waals surface area contributed by atoms with Crippen LogP contribution in [-0.2, 0) is 13.7 Å². The van der Waals surface area contributed by atoms with E-state index in [1.807, 2.05) is 31.2 Å². The summed E-state index contributed by atoms with van der Waals surface area (Å²) in [6.07, 6.45) is 1.67. The van der Waals surface area contributed by atoms with Crippen LogP contribution in [0.1, 0.15) is 11.1 Å². The van der Waals surface area contributed by atoms with Gasteiger partial charge < -0.3 is 4.74 Å². The lowest BCUT2D eigenvalue weighted by atomic mass is 10.1. The van der Waals surface area contributed by atoms with Gasteiger partial charge in [0.15, 0.2) is 0 Å². The van der Waals surface area contributed by atoms with E-state index in [9.17, 15) is 4.79 Å². The maximum atomic E-state index is 12.1. The number of halogens is 1. The summed E-state index contributed by atoms with van der Waals surface area (Å²) < 4.78 is 9.06. The van der Waals surface area contributed by atoms with Crippen LogP contribution in [0, 0.1) is 6.92 Å².